The van der Waals surface area contributed by atoms with Crippen LogP contribution in [0.25, 0.3) is 0 Å². The molecule has 0 saturated carbocycles. The first kappa shape index (κ1) is 13.0. The van der Waals surface area contributed by atoms with Gasteiger partial charge in [-0.15, -0.1) is 0 Å². The summed E-state index contributed by atoms with van der Waals surface area (Å²) < 4.78 is 5.06. The van der Waals surface area contributed by atoms with E-state index in [2.05, 4.69) is 5.32 Å². The molecule has 0 heterocycles. The summed E-state index contributed by atoms with van der Waals surface area (Å²) >= 11 is 0. The Balaban J connectivity index is 2.21. The van der Waals surface area contributed by atoms with E-state index in [-0.39, 0.29) is 6.61 Å². The van der Waals surface area contributed by atoms with E-state index < -0.39 is 6.10 Å². The summed E-state index contributed by atoms with van der Waals surface area (Å²) in [7, 11) is 1.65. The summed E-state index contributed by atoms with van der Waals surface area (Å²) in [4.78, 5) is 0. The molecule has 1 unspecified atom stereocenters. The minimum atomic E-state index is -0.670. The van der Waals surface area contributed by atoms with Crippen molar-refractivity contribution in [1.29, 1.82) is 0 Å². The molecule has 4 heteroatoms. The molecular weight excluding hydrogens is 206 g/mol. The Labute approximate surface area is 95.9 Å². The molecule has 0 aliphatic heterocycles. The number of benzene rings is 1. The molecule has 1 aromatic rings. The molecule has 0 amide bonds. The van der Waals surface area contributed by atoms with Gasteiger partial charge in [0.2, 0.25) is 0 Å². The number of rotatable bonds is 7. The van der Waals surface area contributed by atoms with Gasteiger partial charge in [-0.1, -0.05) is 12.1 Å². The monoisotopic (exact) mass is 225 g/mol. The Kier molecular flexibility index (Phi) is 5.85. The predicted octanol–water partition coefficient (Wildman–Crippen LogP) is 0.181. The highest BCUT2D eigenvalue weighted by atomic mass is 16.5. The molecule has 90 valence electrons. The first-order valence-corrected chi connectivity index (χ1v) is 5.39. The van der Waals surface area contributed by atoms with Gasteiger partial charge < -0.3 is 20.3 Å². The zero-order chi connectivity index (χ0) is 11.8. The number of aliphatic hydroxyl groups excluding tert-OH is 2. The zero-order valence-electron chi connectivity index (χ0n) is 9.52. The van der Waals surface area contributed by atoms with E-state index in [4.69, 9.17) is 14.9 Å². The van der Waals surface area contributed by atoms with Gasteiger partial charge in [0, 0.05) is 6.54 Å². The fraction of sp³-hybridized carbons (Fsp3) is 0.500. The number of hydrogen-bond acceptors (Lipinski definition) is 4. The highest BCUT2D eigenvalue weighted by Gasteiger charge is 2.00. The second kappa shape index (κ2) is 7.22. The van der Waals surface area contributed by atoms with Crippen LogP contribution in [-0.4, -0.2) is 43.1 Å². The van der Waals surface area contributed by atoms with Crippen molar-refractivity contribution in [2.24, 2.45) is 0 Å². The third-order valence-electron chi connectivity index (χ3n) is 2.34. The summed E-state index contributed by atoms with van der Waals surface area (Å²) in [5.41, 5.74) is 1.21. The minimum Gasteiger partial charge on any atom is -0.497 e. The van der Waals surface area contributed by atoms with Gasteiger partial charge in [0.25, 0.3) is 0 Å². The SMILES string of the molecule is COc1ccc(CCNCC(O)CO)cc1. The minimum absolute atomic E-state index is 0.199. The standard InChI is InChI=1S/C12H19NO3/c1-16-12-4-2-10(3-5-12)6-7-13-8-11(15)9-14/h2-5,11,13-15H,6-9H2,1H3. The van der Waals surface area contributed by atoms with Crippen molar-refractivity contribution in [2.75, 3.05) is 26.8 Å². The molecular formula is C12H19NO3. The highest BCUT2D eigenvalue weighted by molar-refractivity contribution is 5.27. The smallest absolute Gasteiger partial charge is 0.118 e. The Morgan fingerprint density at radius 3 is 2.56 bits per heavy atom. The fourth-order valence-corrected chi connectivity index (χ4v) is 1.36. The molecule has 0 radical (unpaired) electrons. The zero-order valence-corrected chi connectivity index (χ0v) is 9.52. The summed E-state index contributed by atoms with van der Waals surface area (Å²) in [5.74, 6) is 0.854. The third-order valence-corrected chi connectivity index (χ3v) is 2.34. The lowest BCUT2D eigenvalue weighted by Gasteiger charge is -2.08. The van der Waals surface area contributed by atoms with Crippen molar-refractivity contribution < 1.29 is 14.9 Å². The lowest BCUT2D eigenvalue weighted by Crippen LogP contribution is -2.30. The maximum Gasteiger partial charge on any atom is 0.118 e. The quantitative estimate of drug-likeness (QED) is 0.579. The number of methoxy groups -OCH3 is 1. The van der Waals surface area contributed by atoms with Gasteiger partial charge in [-0.05, 0) is 30.7 Å². The molecule has 0 spiro atoms. The Hall–Kier alpha value is -1.10. The molecule has 4 nitrogen and oxygen atoms in total. The average Bonchev–Trinajstić information content (AvgIpc) is 2.35. The number of aliphatic hydroxyl groups is 2. The summed E-state index contributed by atoms with van der Waals surface area (Å²) in [6, 6.07) is 7.89. The van der Waals surface area contributed by atoms with Crippen LogP contribution < -0.4 is 10.1 Å². The van der Waals surface area contributed by atoms with Crippen LogP contribution in [0.15, 0.2) is 24.3 Å². The van der Waals surface area contributed by atoms with Gasteiger partial charge in [0.05, 0.1) is 19.8 Å². The fourth-order valence-electron chi connectivity index (χ4n) is 1.36. The summed E-state index contributed by atoms with van der Waals surface area (Å²) in [6.07, 6.45) is 0.221. The number of nitrogens with one attached hydrogen (secondary N) is 1. The van der Waals surface area contributed by atoms with Crippen LogP contribution in [0.5, 0.6) is 5.75 Å². The van der Waals surface area contributed by atoms with Gasteiger partial charge in [-0.2, -0.15) is 0 Å². The van der Waals surface area contributed by atoms with Crippen molar-refractivity contribution in [1.82, 2.24) is 5.32 Å². The van der Waals surface area contributed by atoms with E-state index in [9.17, 15) is 0 Å². The molecule has 0 aromatic heterocycles. The van der Waals surface area contributed by atoms with Crippen LogP contribution in [0.3, 0.4) is 0 Å². The molecule has 0 aliphatic rings. The molecule has 1 atom stereocenters. The first-order chi connectivity index (χ1) is 7.76. The van der Waals surface area contributed by atoms with Crippen LogP contribution in [-0.2, 0) is 6.42 Å². The third kappa shape index (κ3) is 4.61. The van der Waals surface area contributed by atoms with Gasteiger partial charge in [-0.3, -0.25) is 0 Å². The van der Waals surface area contributed by atoms with Crippen molar-refractivity contribution in [3.8, 4) is 5.75 Å². The van der Waals surface area contributed by atoms with Crippen LogP contribution >= 0.6 is 0 Å². The van der Waals surface area contributed by atoms with Gasteiger partial charge >= 0.3 is 0 Å². The van der Waals surface area contributed by atoms with Gasteiger partial charge in [0.1, 0.15) is 5.75 Å². The molecule has 1 aromatic carbocycles. The molecule has 1 rings (SSSR count). The van der Waals surface area contributed by atoms with E-state index in [1.54, 1.807) is 7.11 Å². The molecule has 0 fully saturated rings. The molecule has 3 N–H and O–H groups in total. The van der Waals surface area contributed by atoms with Crippen LogP contribution in [0.2, 0.25) is 0 Å². The van der Waals surface area contributed by atoms with Crippen molar-refractivity contribution in [3.63, 3.8) is 0 Å². The number of hydrogen-bond donors (Lipinski definition) is 3. The Bertz CT molecular complexity index is 287. The van der Waals surface area contributed by atoms with Crippen LogP contribution in [0.4, 0.5) is 0 Å². The second-order valence-corrected chi connectivity index (χ2v) is 3.64. The molecule has 16 heavy (non-hydrogen) atoms. The topological polar surface area (TPSA) is 61.7 Å². The Morgan fingerprint density at radius 2 is 2.00 bits per heavy atom. The Morgan fingerprint density at radius 1 is 1.31 bits per heavy atom. The van der Waals surface area contributed by atoms with Gasteiger partial charge in [-0.25, -0.2) is 0 Å². The largest absolute Gasteiger partial charge is 0.497 e. The van der Waals surface area contributed by atoms with Crippen LogP contribution in [0, 0.1) is 0 Å². The van der Waals surface area contributed by atoms with E-state index in [0.29, 0.717) is 6.54 Å². The average molecular weight is 225 g/mol. The highest BCUT2D eigenvalue weighted by Crippen LogP contribution is 2.11. The van der Waals surface area contributed by atoms with E-state index in [0.717, 1.165) is 18.7 Å². The van der Waals surface area contributed by atoms with E-state index >= 15 is 0 Å². The van der Waals surface area contributed by atoms with Crippen molar-refractivity contribution in [2.45, 2.75) is 12.5 Å². The van der Waals surface area contributed by atoms with Crippen molar-refractivity contribution >= 4 is 0 Å². The lowest BCUT2D eigenvalue weighted by atomic mass is 10.1. The molecule has 0 bridgehead atoms. The predicted molar refractivity (Wildman–Crippen MR) is 62.7 cm³/mol. The maximum atomic E-state index is 9.09. The first-order valence-electron chi connectivity index (χ1n) is 5.39. The molecule has 0 saturated heterocycles. The van der Waals surface area contributed by atoms with Crippen LogP contribution in [0.1, 0.15) is 5.56 Å². The summed E-state index contributed by atoms with van der Waals surface area (Å²) in [5, 5.41) is 20.8. The second-order valence-electron chi connectivity index (χ2n) is 3.64. The van der Waals surface area contributed by atoms with Crippen molar-refractivity contribution in [3.05, 3.63) is 29.8 Å². The normalized spacial score (nSPS) is 12.4. The molecule has 0 aliphatic carbocycles. The van der Waals surface area contributed by atoms with E-state index in [1.165, 1.54) is 5.56 Å². The maximum absolute atomic E-state index is 9.09. The lowest BCUT2D eigenvalue weighted by molar-refractivity contribution is 0.0947. The van der Waals surface area contributed by atoms with Gasteiger partial charge in [0.15, 0.2) is 0 Å². The van der Waals surface area contributed by atoms with E-state index in [1.807, 2.05) is 24.3 Å². The summed E-state index contributed by atoms with van der Waals surface area (Å²) in [6.45, 7) is 1.01. The number of ether oxygens (including phenoxy) is 1.